The molecule has 1 atom stereocenters. The van der Waals surface area contributed by atoms with Crippen molar-refractivity contribution in [2.24, 2.45) is 0 Å². The Hall–Kier alpha value is -2.31. The van der Waals surface area contributed by atoms with Crippen molar-refractivity contribution in [1.82, 2.24) is 9.55 Å². The molecule has 108 valence electrons. The number of nitrogens with zero attached hydrogens (tertiary/aromatic N) is 2. The SMILES string of the molecule is C#CCC(c1ccccc1)(c1ccc(Br)cc1)n1ccnc1. The molecule has 3 heteroatoms. The lowest BCUT2D eigenvalue weighted by Gasteiger charge is -2.35. The fourth-order valence-electron chi connectivity index (χ4n) is 2.83. The molecule has 22 heavy (non-hydrogen) atoms. The summed E-state index contributed by atoms with van der Waals surface area (Å²) in [6, 6.07) is 18.6. The van der Waals surface area contributed by atoms with Crippen molar-refractivity contribution in [3.05, 3.63) is 88.9 Å². The van der Waals surface area contributed by atoms with Crippen molar-refractivity contribution in [3.8, 4) is 12.3 Å². The van der Waals surface area contributed by atoms with E-state index in [0.717, 1.165) is 15.6 Å². The van der Waals surface area contributed by atoms with Gasteiger partial charge in [-0.1, -0.05) is 58.4 Å². The molecule has 0 spiro atoms. The molecule has 0 saturated carbocycles. The summed E-state index contributed by atoms with van der Waals surface area (Å²) in [6.07, 6.45) is 11.9. The molecule has 0 N–H and O–H groups in total. The Kier molecular flexibility index (Phi) is 4.13. The highest BCUT2D eigenvalue weighted by Gasteiger charge is 2.35. The van der Waals surface area contributed by atoms with E-state index < -0.39 is 5.54 Å². The summed E-state index contributed by atoms with van der Waals surface area (Å²) in [6.45, 7) is 0. The van der Waals surface area contributed by atoms with E-state index in [-0.39, 0.29) is 0 Å². The minimum atomic E-state index is -0.451. The fraction of sp³-hybridized carbons (Fsp3) is 0.105. The fourth-order valence-corrected chi connectivity index (χ4v) is 3.10. The van der Waals surface area contributed by atoms with Crippen LogP contribution in [0.1, 0.15) is 17.5 Å². The van der Waals surface area contributed by atoms with E-state index in [0.29, 0.717) is 6.42 Å². The zero-order valence-corrected chi connectivity index (χ0v) is 13.6. The number of benzene rings is 2. The summed E-state index contributed by atoms with van der Waals surface area (Å²) in [7, 11) is 0. The van der Waals surface area contributed by atoms with Gasteiger partial charge in [-0.05, 0) is 23.3 Å². The topological polar surface area (TPSA) is 17.8 Å². The summed E-state index contributed by atoms with van der Waals surface area (Å²) < 4.78 is 3.13. The number of aromatic nitrogens is 2. The molecule has 0 fully saturated rings. The summed E-state index contributed by atoms with van der Waals surface area (Å²) in [5.74, 6) is 2.85. The summed E-state index contributed by atoms with van der Waals surface area (Å²) in [5.41, 5.74) is 1.83. The summed E-state index contributed by atoms with van der Waals surface area (Å²) >= 11 is 3.50. The molecule has 2 nitrogen and oxygen atoms in total. The molecule has 3 rings (SSSR count). The predicted octanol–water partition coefficient (Wildman–Crippen LogP) is 4.46. The Bertz CT molecular complexity index is 771. The number of hydrogen-bond donors (Lipinski definition) is 0. The van der Waals surface area contributed by atoms with Crippen LogP contribution in [0.3, 0.4) is 0 Å². The highest BCUT2D eigenvalue weighted by molar-refractivity contribution is 9.10. The van der Waals surface area contributed by atoms with Crippen LogP contribution >= 0.6 is 15.9 Å². The minimum absolute atomic E-state index is 0.451. The van der Waals surface area contributed by atoms with Gasteiger partial charge in [0.15, 0.2) is 0 Å². The second-order valence-electron chi connectivity index (χ2n) is 5.08. The van der Waals surface area contributed by atoms with Gasteiger partial charge in [-0.15, -0.1) is 12.3 Å². The first-order chi connectivity index (χ1) is 10.8. The maximum absolute atomic E-state index is 5.73. The second kappa shape index (κ2) is 6.21. The lowest BCUT2D eigenvalue weighted by atomic mass is 9.80. The van der Waals surface area contributed by atoms with E-state index in [1.165, 1.54) is 0 Å². The molecule has 2 aromatic carbocycles. The Morgan fingerprint density at radius 1 is 1.05 bits per heavy atom. The van der Waals surface area contributed by atoms with Crippen LogP contribution in [0.25, 0.3) is 0 Å². The quantitative estimate of drug-likeness (QED) is 0.635. The average Bonchev–Trinajstić information content (AvgIpc) is 3.09. The highest BCUT2D eigenvalue weighted by Crippen LogP contribution is 2.37. The molecule has 0 aliphatic carbocycles. The third kappa shape index (κ3) is 2.47. The molecule has 0 aliphatic heterocycles. The van der Waals surface area contributed by atoms with Crippen LogP contribution in [0.2, 0.25) is 0 Å². The Balaban J connectivity index is 2.29. The van der Waals surface area contributed by atoms with Gasteiger partial charge in [-0.3, -0.25) is 0 Å². The third-order valence-electron chi connectivity index (χ3n) is 3.88. The Labute approximate surface area is 139 Å². The number of rotatable bonds is 4. The van der Waals surface area contributed by atoms with Crippen molar-refractivity contribution in [2.75, 3.05) is 0 Å². The van der Waals surface area contributed by atoms with Gasteiger partial charge in [-0.25, -0.2) is 4.98 Å². The van der Waals surface area contributed by atoms with Gasteiger partial charge >= 0.3 is 0 Å². The van der Waals surface area contributed by atoms with Crippen LogP contribution in [0.15, 0.2) is 77.8 Å². The van der Waals surface area contributed by atoms with Crippen LogP contribution in [0, 0.1) is 12.3 Å². The first-order valence-corrected chi connectivity index (χ1v) is 7.80. The molecule has 0 radical (unpaired) electrons. The molecular weight excluding hydrogens is 336 g/mol. The van der Waals surface area contributed by atoms with E-state index in [1.807, 2.05) is 42.9 Å². The smallest absolute Gasteiger partial charge is 0.107 e. The van der Waals surface area contributed by atoms with Gasteiger partial charge in [0.2, 0.25) is 0 Å². The first kappa shape index (κ1) is 14.6. The van der Waals surface area contributed by atoms with Crippen molar-refractivity contribution >= 4 is 15.9 Å². The number of halogens is 1. The van der Waals surface area contributed by atoms with Gasteiger partial charge in [0.05, 0.1) is 6.33 Å². The number of imidazole rings is 1. The highest BCUT2D eigenvalue weighted by atomic mass is 79.9. The Morgan fingerprint density at radius 2 is 1.73 bits per heavy atom. The van der Waals surface area contributed by atoms with E-state index >= 15 is 0 Å². The van der Waals surface area contributed by atoms with Gasteiger partial charge in [0.25, 0.3) is 0 Å². The maximum atomic E-state index is 5.73. The van der Waals surface area contributed by atoms with Crippen LogP contribution in [0.4, 0.5) is 0 Å². The van der Waals surface area contributed by atoms with E-state index in [9.17, 15) is 0 Å². The molecular formula is C19H15BrN2. The zero-order valence-electron chi connectivity index (χ0n) is 12.0. The predicted molar refractivity (Wildman–Crippen MR) is 92.4 cm³/mol. The van der Waals surface area contributed by atoms with E-state index in [4.69, 9.17) is 6.42 Å². The van der Waals surface area contributed by atoms with Gasteiger partial charge < -0.3 is 4.57 Å². The lowest BCUT2D eigenvalue weighted by Crippen LogP contribution is -2.35. The lowest BCUT2D eigenvalue weighted by molar-refractivity contribution is 0.441. The van der Waals surface area contributed by atoms with Crippen molar-refractivity contribution < 1.29 is 0 Å². The van der Waals surface area contributed by atoms with E-state index in [2.05, 4.69) is 55.7 Å². The van der Waals surface area contributed by atoms with Gasteiger partial charge in [0, 0.05) is 23.3 Å². The molecule has 1 unspecified atom stereocenters. The largest absolute Gasteiger partial charge is 0.322 e. The van der Waals surface area contributed by atoms with Gasteiger partial charge in [0.1, 0.15) is 5.54 Å². The standard InChI is InChI=1S/C19H15BrN2/c1-2-12-19(22-14-13-21-15-22,16-6-4-3-5-7-16)17-8-10-18(20)11-9-17/h1,3-11,13-15H,12H2. The molecule has 0 aliphatic rings. The second-order valence-corrected chi connectivity index (χ2v) is 6.00. The monoisotopic (exact) mass is 350 g/mol. The molecule has 0 bridgehead atoms. The molecule has 0 saturated heterocycles. The molecule has 0 amide bonds. The molecule has 1 heterocycles. The number of terminal acetylenes is 1. The van der Waals surface area contributed by atoms with Crippen molar-refractivity contribution in [3.63, 3.8) is 0 Å². The Morgan fingerprint density at radius 3 is 2.32 bits per heavy atom. The van der Waals surface area contributed by atoms with Crippen LogP contribution in [-0.2, 0) is 5.54 Å². The maximum Gasteiger partial charge on any atom is 0.107 e. The number of hydrogen-bond acceptors (Lipinski definition) is 1. The minimum Gasteiger partial charge on any atom is -0.322 e. The van der Waals surface area contributed by atoms with Crippen LogP contribution in [-0.4, -0.2) is 9.55 Å². The molecule has 1 aromatic heterocycles. The zero-order chi connectivity index (χ0) is 15.4. The van der Waals surface area contributed by atoms with Crippen molar-refractivity contribution in [2.45, 2.75) is 12.0 Å². The summed E-state index contributed by atoms with van der Waals surface area (Å²) in [4.78, 5) is 4.22. The normalized spacial score (nSPS) is 13.3. The molecule has 3 aromatic rings. The van der Waals surface area contributed by atoms with E-state index in [1.54, 1.807) is 6.20 Å². The van der Waals surface area contributed by atoms with Crippen LogP contribution in [0.5, 0.6) is 0 Å². The third-order valence-corrected chi connectivity index (χ3v) is 4.40. The first-order valence-electron chi connectivity index (χ1n) is 7.01. The average molecular weight is 351 g/mol. The summed E-state index contributed by atoms with van der Waals surface area (Å²) in [5, 5.41) is 0. The van der Waals surface area contributed by atoms with Crippen molar-refractivity contribution in [1.29, 1.82) is 0 Å². The van der Waals surface area contributed by atoms with Crippen LogP contribution < -0.4 is 0 Å². The van der Waals surface area contributed by atoms with Gasteiger partial charge in [-0.2, -0.15) is 0 Å².